The van der Waals surface area contributed by atoms with E-state index in [0.29, 0.717) is 12.0 Å². The van der Waals surface area contributed by atoms with Crippen molar-refractivity contribution in [3.63, 3.8) is 0 Å². The Bertz CT molecular complexity index is 365. The van der Waals surface area contributed by atoms with Crippen molar-refractivity contribution in [1.29, 1.82) is 0 Å². The Kier molecular flexibility index (Phi) is 4.00. The Morgan fingerprint density at radius 2 is 2.18 bits per heavy atom. The molecule has 3 nitrogen and oxygen atoms in total. The maximum atomic E-state index is 5.99. The van der Waals surface area contributed by atoms with Crippen LogP contribution in [0.4, 0.5) is 0 Å². The zero-order chi connectivity index (χ0) is 12.3. The summed E-state index contributed by atoms with van der Waals surface area (Å²) in [7, 11) is 0. The maximum absolute atomic E-state index is 5.99. The van der Waals surface area contributed by atoms with Crippen LogP contribution in [0.2, 0.25) is 0 Å². The number of hydrogen-bond donors (Lipinski definition) is 1. The van der Waals surface area contributed by atoms with E-state index in [9.17, 15) is 0 Å². The molecule has 17 heavy (non-hydrogen) atoms. The van der Waals surface area contributed by atoms with Gasteiger partial charge in [-0.05, 0) is 43.7 Å². The summed E-state index contributed by atoms with van der Waals surface area (Å²) in [6.45, 7) is 4.24. The lowest BCUT2D eigenvalue weighted by Gasteiger charge is -2.28. The van der Waals surface area contributed by atoms with Crippen LogP contribution in [0.1, 0.15) is 51.1 Å². The largest absolute Gasteiger partial charge is 0.474 e. The molecule has 2 rings (SSSR count). The van der Waals surface area contributed by atoms with E-state index in [2.05, 4.69) is 11.9 Å². The summed E-state index contributed by atoms with van der Waals surface area (Å²) in [6, 6.07) is 3.94. The minimum absolute atomic E-state index is 0.0316. The van der Waals surface area contributed by atoms with Crippen molar-refractivity contribution in [3.8, 4) is 5.88 Å². The number of aromatic nitrogens is 1. The zero-order valence-electron chi connectivity index (χ0n) is 10.7. The van der Waals surface area contributed by atoms with Crippen molar-refractivity contribution < 1.29 is 4.74 Å². The highest BCUT2D eigenvalue weighted by Gasteiger charge is 2.23. The van der Waals surface area contributed by atoms with Crippen molar-refractivity contribution in [2.45, 2.75) is 51.7 Å². The quantitative estimate of drug-likeness (QED) is 0.874. The molecule has 1 aliphatic rings. The van der Waals surface area contributed by atoms with Gasteiger partial charge >= 0.3 is 0 Å². The second-order valence-electron chi connectivity index (χ2n) is 5.13. The smallest absolute Gasteiger partial charge is 0.213 e. The van der Waals surface area contributed by atoms with Crippen LogP contribution in [0, 0.1) is 5.92 Å². The van der Waals surface area contributed by atoms with Gasteiger partial charge in [-0.2, -0.15) is 0 Å². The maximum Gasteiger partial charge on any atom is 0.213 e. The average Bonchev–Trinajstić information content (AvgIpc) is 2.32. The Balaban J connectivity index is 2.04. The molecule has 1 aromatic heterocycles. The molecule has 3 heteroatoms. The first-order valence-corrected chi connectivity index (χ1v) is 6.55. The van der Waals surface area contributed by atoms with Crippen LogP contribution in [0.5, 0.6) is 5.88 Å². The molecule has 1 fully saturated rings. The minimum atomic E-state index is 0.0316. The lowest BCUT2D eigenvalue weighted by atomic mass is 9.88. The van der Waals surface area contributed by atoms with E-state index < -0.39 is 0 Å². The summed E-state index contributed by atoms with van der Waals surface area (Å²) in [4.78, 5) is 4.27. The van der Waals surface area contributed by atoms with Crippen molar-refractivity contribution in [2.24, 2.45) is 11.7 Å². The normalized spacial score (nSPS) is 26.5. The predicted molar refractivity (Wildman–Crippen MR) is 68.9 cm³/mol. The molecule has 0 aromatic carbocycles. The molecule has 1 heterocycles. The summed E-state index contributed by atoms with van der Waals surface area (Å²) in [6.07, 6.45) is 7.10. The third-order valence-electron chi connectivity index (χ3n) is 3.59. The topological polar surface area (TPSA) is 48.1 Å². The molecular formula is C14H22N2O. The monoisotopic (exact) mass is 234 g/mol. The van der Waals surface area contributed by atoms with E-state index in [1.54, 1.807) is 6.20 Å². The van der Waals surface area contributed by atoms with Crippen LogP contribution in [-0.4, -0.2) is 11.1 Å². The number of rotatable bonds is 3. The van der Waals surface area contributed by atoms with E-state index in [4.69, 9.17) is 10.5 Å². The lowest BCUT2D eigenvalue weighted by Crippen LogP contribution is -2.28. The van der Waals surface area contributed by atoms with Crippen LogP contribution in [0.25, 0.3) is 0 Å². The molecule has 94 valence electrons. The van der Waals surface area contributed by atoms with Gasteiger partial charge in [0.1, 0.15) is 6.10 Å². The molecule has 0 saturated heterocycles. The van der Waals surface area contributed by atoms with Gasteiger partial charge in [0.15, 0.2) is 0 Å². The molecular weight excluding hydrogens is 212 g/mol. The van der Waals surface area contributed by atoms with Gasteiger partial charge in [-0.25, -0.2) is 4.98 Å². The lowest BCUT2D eigenvalue weighted by molar-refractivity contribution is 0.0975. The molecule has 1 aromatic rings. The SMILES string of the molecule is CC1CCCCC1Oc1cc([C@@H](C)N)ccn1. The molecule has 0 aliphatic heterocycles. The summed E-state index contributed by atoms with van der Waals surface area (Å²) in [5.41, 5.74) is 6.94. The summed E-state index contributed by atoms with van der Waals surface area (Å²) in [5, 5.41) is 0. The van der Waals surface area contributed by atoms with Gasteiger partial charge in [-0.15, -0.1) is 0 Å². The third-order valence-corrected chi connectivity index (χ3v) is 3.59. The summed E-state index contributed by atoms with van der Waals surface area (Å²) < 4.78 is 5.99. The molecule has 0 radical (unpaired) electrons. The molecule has 0 bridgehead atoms. The Morgan fingerprint density at radius 1 is 1.41 bits per heavy atom. The molecule has 3 atom stereocenters. The van der Waals surface area contributed by atoms with Crippen LogP contribution in [0.3, 0.4) is 0 Å². The minimum Gasteiger partial charge on any atom is -0.474 e. The summed E-state index contributed by atoms with van der Waals surface area (Å²) >= 11 is 0. The van der Waals surface area contributed by atoms with E-state index >= 15 is 0 Å². The second kappa shape index (κ2) is 5.50. The number of nitrogens with zero attached hydrogens (tertiary/aromatic N) is 1. The third kappa shape index (κ3) is 3.19. The van der Waals surface area contributed by atoms with Gasteiger partial charge in [0.2, 0.25) is 5.88 Å². The first-order valence-electron chi connectivity index (χ1n) is 6.55. The Labute approximate surface area is 103 Å². The van der Waals surface area contributed by atoms with E-state index in [0.717, 1.165) is 17.9 Å². The molecule has 1 saturated carbocycles. The van der Waals surface area contributed by atoms with Crippen LogP contribution >= 0.6 is 0 Å². The number of pyridine rings is 1. The summed E-state index contributed by atoms with van der Waals surface area (Å²) in [5.74, 6) is 1.35. The predicted octanol–water partition coefficient (Wildman–Crippen LogP) is 3.06. The second-order valence-corrected chi connectivity index (χ2v) is 5.13. The van der Waals surface area contributed by atoms with Crippen molar-refractivity contribution in [2.75, 3.05) is 0 Å². The van der Waals surface area contributed by atoms with Gasteiger partial charge in [-0.1, -0.05) is 13.3 Å². The average molecular weight is 234 g/mol. The molecule has 0 amide bonds. The number of ether oxygens (including phenoxy) is 1. The number of hydrogen-bond acceptors (Lipinski definition) is 3. The van der Waals surface area contributed by atoms with Gasteiger partial charge in [0, 0.05) is 18.3 Å². The van der Waals surface area contributed by atoms with Crippen LogP contribution in [0.15, 0.2) is 18.3 Å². The first-order chi connectivity index (χ1) is 8.16. The fourth-order valence-corrected chi connectivity index (χ4v) is 2.38. The Hall–Kier alpha value is -1.09. The molecule has 0 spiro atoms. The highest BCUT2D eigenvalue weighted by molar-refractivity contribution is 5.23. The first kappa shape index (κ1) is 12.4. The van der Waals surface area contributed by atoms with Crippen LogP contribution in [-0.2, 0) is 0 Å². The van der Waals surface area contributed by atoms with Crippen molar-refractivity contribution in [1.82, 2.24) is 4.98 Å². The van der Waals surface area contributed by atoms with Gasteiger partial charge in [0.05, 0.1) is 0 Å². The van der Waals surface area contributed by atoms with E-state index in [1.165, 1.54) is 19.3 Å². The standard InChI is InChI=1S/C14H22N2O/c1-10-5-3-4-6-13(10)17-14-9-12(11(2)15)7-8-16-14/h7-11,13H,3-6,15H2,1-2H3/t10?,11-,13?/m1/s1. The van der Waals surface area contributed by atoms with Crippen LogP contribution < -0.4 is 10.5 Å². The Morgan fingerprint density at radius 3 is 2.88 bits per heavy atom. The van der Waals surface area contributed by atoms with Crippen molar-refractivity contribution >= 4 is 0 Å². The fraction of sp³-hybridized carbons (Fsp3) is 0.643. The molecule has 2 unspecified atom stereocenters. The van der Waals surface area contributed by atoms with Gasteiger partial charge < -0.3 is 10.5 Å². The van der Waals surface area contributed by atoms with Gasteiger partial charge in [0.25, 0.3) is 0 Å². The number of nitrogens with two attached hydrogens (primary N) is 1. The van der Waals surface area contributed by atoms with Crippen molar-refractivity contribution in [3.05, 3.63) is 23.9 Å². The highest BCUT2D eigenvalue weighted by Crippen LogP contribution is 2.27. The fourth-order valence-electron chi connectivity index (χ4n) is 2.38. The molecule has 2 N–H and O–H groups in total. The van der Waals surface area contributed by atoms with E-state index in [-0.39, 0.29) is 6.04 Å². The zero-order valence-corrected chi connectivity index (χ0v) is 10.7. The van der Waals surface area contributed by atoms with Gasteiger partial charge in [-0.3, -0.25) is 0 Å². The van der Waals surface area contributed by atoms with E-state index in [1.807, 2.05) is 19.1 Å². The highest BCUT2D eigenvalue weighted by atomic mass is 16.5. The molecule has 1 aliphatic carbocycles.